The number of benzene rings is 3. The number of carbonyl (C=O) groups is 1. The van der Waals surface area contributed by atoms with Crippen LogP contribution >= 0.6 is 11.6 Å². The van der Waals surface area contributed by atoms with E-state index in [2.05, 4.69) is 5.32 Å². The van der Waals surface area contributed by atoms with Gasteiger partial charge in [0.2, 0.25) is 0 Å². The molecule has 0 saturated carbocycles. The van der Waals surface area contributed by atoms with Gasteiger partial charge in [0, 0.05) is 23.2 Å². The van der Waals surface area contributed by atoms with Crippen LogP contribution in [0.25, 0.3) is 0 Å². The van der Waals surface area contributed by atoms with E-state index in [0.717, 1.165) is 17.7 Å². The van der Waals surface area contributed by atoms with E-state index in [-0.39, 0.29) is 22.8 Å². The molecule has 0 fully saturated rings. The molecule has 0 saturated heterocycles. The first-order chi connectivity index (χ1) is 15.8. The standard InChI is InChI=1S/C24H20ClF3N2O3/c1-32-20-10-13-8-9-30(24(31)29-19-7-6-14(26)11-18(19)28)23(15(13)12-21(20)33-2)22-16(25)4-3-5-17(22)27/h3-7,10-12,23H,8-9H2,1-2H3,(H,29,31)/t23-/m1/s1. The van der Waals surface area contributed by atoms with Crippen LogP contribution in [0, 0.1) is 17.5 Å². The lowest BCUT2D eigenvalue weighted by atomic mass is 9.87. The van der Waals surface area contributed by atoms with Crippen LogP contribution in [0.15, 0.2) is 48.5 Å². The largest absolute Gasteiger partial charge is 0.493 e. The second-order valence-electron chi connectivity index (χ2n) is 7.44. The average Bonchev–Trinajstić information content (AvgIpc) is 2.79. The zero-order valence-electron chi connectivity index (χ0n) is 17.8. The Hall–Kier alpha value is -3.39. The number of ether oxygens (including phenoxy) is 2. The molecule has 0 spiro atoms. The molecular formula is C24H20ClF3N2O3. The van der Waals surface area contributed by atoms with E-state index in [1.807, 2.05) is 0 Å². The van der Waals surface area contributed by atoms with Crippen molar-refractivity contribution < 1.29 is 27.4 Å². The molecule has 1 heterocycles. The van der Waals surface area contributed by atoms with Crippen LogP contribution in [-0.2, 0) is 6.42 Å². The van der Waals surface area contributed by atoms with Gasteiger partial charge in [-0.2, -0.15) is 0 Å². The first kappa shape index (κ1) is 22.8. The second kappa shape index (κ2) is 9.23. The van der Waals surface area contributed by atoms with Crippen LogP contribution < -0.4 is 14.8 Å². The molecule has 5 nitrogen and oxygen atoms in total. The highest BCUT2D eigenvalue weighted by Gasteiger charge is 2.36. The number of amides is 2. The van der Waals surface area contributed by atoms with Gasteiger partial charge in [-0.3, -0.25) is 0 Å². The summed E-state index contributed by atoms with van der Waals surface area (Å²) in [4.78, 5) is 14.6. The molecule has 0 radical (unpaired) electrons. The van der Waals surface area contributed by atoms with Gasteiger partial charge in [-0.1, -0.05) is 17.7 Å². The summed E-state index contributed by atoms with van der Waals surface area (Å²) in [7, 11) is 2.98. The molecule has 0 bridgehead atoms. The van der Waals surface area contributed by atoms with Crippen molar-refractivity contribution in [3.05, 3.63) is 87.7 Å². The SMILES string of the molecule is COc1cc2c(cc1OC)[C@H](c1c(F)cccc1Cl)N(C(=O)Nc1ccc(F)cc1F)CC2. The van der Waals surface area contributed by atoms with Crippen molar-refractivity contribution in [1.82, 2.24) is 4.90 Å². The third-order valence-corrected chi connectivity index (χ3v) is 5.91. The van der Waals surface area contributed by atoms with Gasteiger partial charge in [0.1, 0.15) is 17.5 Å². The molecule has 172 valence electrons. The predicted molar refractivity (Wildman–Crippen MR) is 119 cm³/mol. The van der Waals surface area contributed by atoms with Crippen LogP contribution in [0.3, 0.4) is 0 Å². The predicted octanol–water partition coefficient (Wildman–Crippen LogP) is 5.95. The third kappa shape index (κ3) is 4.30. The highest BCUT2D eigenvalue weighted by atomic mass is 35.5. The summed E-state index contributed by atoms with van der Waals surface area (Å²) in [5, 5.41) is 2.58. The van der Waals surface area contributed by atoms with Crippen LogP contribution in [0.5, 0.6) is 11.5 Å². The molecule has 1 atom stereocenters. The number of urea groups is 1. The van der Waals surface area contributed by atoms with Crippen molar-refractivity contribution >= 4 is 23.3 Å². The Bertz CT molecular complexity index is 1200. The molecule has 1 aliphatic rings. The minimum absolute atomic E-state index is 0.0991. The maximum absolute atomic E-state index is 15.0. The van der Waals surface area contributed by atoms with E-state index in [9.17, 15) is 13.6 Å². The van der Waals surface area contributed by atoms with Crippen LogP contribution in [-0.4, -0.2) is 31.7 Å². The molecule has 1 aliphatic heterocycles. The fourth-order valence-corrected chi connectivity index (χ4v) is 4.29. The van der Waals surface area contributed by atoms with E-state index in [0.29, 0.717) is 29.5 Å². The molecule has 3 aromatic rings. The van der Waals surface area contributed by atoms with Crippen LogP contribution in [0.4, 0.5) is 23.7 Å². The van der Waals surface area contributed by atoms with Crippen molar-refractivity contribution in [3.63, 3.8) is 0 Å². The second-order valence-corrected chi connectivity index (χ2v) is 7.85. The topological polar surface area (TPSA) is 50.8 Å². The zero-order valence-corrected chi connectivity index (χ0v) is 18.6. The molecule has 3 aromatic carbocycles. The maximum Gasteiger partial charge on any atom is 0.322 e. The number of fused-ring (bicyclic) bond motifs is 1. The van der Waals surface area contributed by atoms with Gasteiger partial charge in [-0.15, -0.1) is 0 Å². The molecule has 0 aliphatic carbocycles. The van der Waals surface area contributed by atoms with Gasteiger partial charge in [-0.25, -0.2) is 18.0 Å². The number of rotatable bonds is 4. The van der Waals surface area contributed by atoms with Crippen molar-refractivity contribution in [2.24, 2.45) is 0 Å². The third-order valence-electron chi connectivity index (χ3n) is 5.58. The Kier molecular flexibility index (Phi) is 6.37. The lowest BCUT2D eigenvalue weighted by molar-refractivity contribution is 0.192. The van der Waals surface area contributed by atoms with E-state index in [1.165, 1.54) is 37.3 Å². The Morgan fingerprint density at radius 1 is 1.03 bits per heavy atom. The molecule has 0 aromatic heterocycles. The van der Waals surface area contributed by atoms with Crippen molar-refractivity contribution in [1.29, 1.82) is 0 Å². The Morgan fingerprint density at radius 2 is 1.76 bits per heavy atom. The maximum atomic E-state index is 15.0. The van der Waals surface area contributed by atoms with Crippen LogP contribution in [0.2, 0.25) is 5.02 Å². The molecule has 0 unspecified atom stereocenters. The summed E-state index contributed by atoms with van der Waals surface area (Å²) < 4.78 is 53.2. The van der Waals surface area contributed by atoms with E-state index < -0.39 is 29.5 Å². The molecule has 2 amide bonds. The first-order valence-electron chi connectivity index (χ1n) is 10.1. The van der Waals surface area contributed by atoms with E-state index >= 15 is 4.39 Å². The van der Waals surface area contributed by atoms with Gasteiger partial charge in [0.25, 0.3) is 0 Å². The highest BCUT2D eigenvalue weighted by molar-refractivity contribution is 6.31. The zero-order chi connectivity index (χ0) is 23.7. The van der Waals surface area contributed by atoms with Gasteiger partial charge in [0.15, 0.2) is 11.5 Å². The summed E-state index contributed by atoms with van der Waals surface area (Å²) in [5.41, 5.74) is 1.33. The summed E-state index contributed by atoms with van der Waals surface area (Å²) in [5.74, 6) is -1.38. The lowest BCUT2D eigenvalue weighted by Gasteiger charge is -2.38. The summed E-state index contributed by atoms with van der Waals surface area (Å²) in [6.45, 7) is 0.187. The smallest absolute Gasteiger partial charge is 0.322 e. The number of hydrogen-bond acceptors (Lipinski definition) is 3. The number of nitrogens with zero attached hydrogens (tertiary/aromatic N) is 1. The molecule has 4 rings (SSSR count). The molecule has 9 heteroatoms. The summed E-state index contributed by atoms with van der Waals surface area (Å²) in [6.07, 6.45) is 0.428. The number of anilines is 1. The average molecular weight is 477 g/mol. The Morgan fingerprint density at radius 3 is 2.42 bits per heavy atom. The van der Waals surface area contributed by atoms with Crippen LogP contribution in [0.1, 0.15) is 22.7 Å². The minimum Gasteiger partial charge on any atom is -0.493 e. The molecule has 1 N–H and O–H groups in total. The fraction of sp³-hybridized carbons (Fsp3) is 0.208. The molecular weight excluding hydrogens is 457 g/mol. The Labute approximate surface area is 193 Å². The van der Waals surface area contributed by atoms with Gasteiger partial charge >= 0.3 is 6.03 Å². The summed E-state index contributed by atoms with van der Waals surface area (Å²) in [6, 6.07) is 8.94. The summed E-state index contributed by atoms with van der Waals surface area (Å²) >= 11 is 6.38. The molecule has 33 heavy (non-hydrogen) atoms. The number of hydrogen-bond donors (Lipinski definition) is 1. The number of carbonyl (C=O) groups excluding carboxylic acids is 1. The first-order valence-corrected chi connectivity index (χ1v) is 10.4. The van der Waals surface area contributed by atoms with Gasteiger partial charge < -0.3 is 19.7 Å². The van der Waals surface area contributed by atoms with Crippen molar-refractivity contribution in [2.75, 3.05) is 26.1 Å². The van der Waals surface area contributed by atoms with Gasteiger partial charge in [-0.05, 0) is 53.9 Å². The highest BCUT2D eigenvalue weighted by Crippen LogP contribution is 2.43. The van der Waals surface area contributed by atoms with Crippen molar-refractivity contribution in [2.45, 2.75) is 12.5 Å². The normalized spacial score (nSPS) is 15.1. The quantitative estimate of drug-likeness (QED) is 0.506. The minimum atomic E-state index is -0.925. The number of halogens is 4. The lowest BCUT2D eigenvalue weighted by Crippen LogP contribution is -2.43. The van der Waals surface area contributed by atoms with E-state index in [4.69, 9.17) is 21.1 Å². The number of nitrogens with one attached hydrogen (secondary N) is 1. The number of methoxy groups -OCH3 is 2. The van der Waals surface area contributed by atoms with Crippen molar-refractivity contribution in [3.8, 4) is 11.5 Å². The fourth-order valence-electron chi connectivity index (χ4n) is 4.03. The van der Waals surface area contributed by atoms with E-state index in [1.54, 1.807) is 12.1 Å². The Balaban J connectivity index is 1.82. The monoisotopic (exact) mass is 476 g/mol. The van der Waals surface area contributed by atoms with Gasteiger partial charge in [0.05, 0.1) is 25.9 Å².